The van der Waals surface area contributed by atoms with E-state index >= 15 is 0 Å². The minimum Gasteiger partial charge on any atom is -0.267 e. The van der Waals surface area contributed by atoms with Crippen molar-refractivity contribution < 1.29 is 29.2 Å². The maximum Gasteiger partial charge on any atom is 0.280 e. The number of nitro benzene ring substituents is 3. The van der Waals surface area contributed by atoms with Crippen LogP contribution in [-0.2, 0) is 0 Å². The second-order valence-corrected chi connectivity index (χ2v) is 6.79. The lowest BCUT2D eigenvalue weighted by molar-refractivity contribution is -0.385. The summed E-state index contributed by atoms with van der Waals surface area (Å²) in [5, 5.41) is 33.5. The Morgan fingerprint density at radius 3 is 1.61 bits per heavy atom. The van der Waals surface area contributed by atoms with Gasteiger partial charge in [0.05, 0.1) is 25.9 Å². The summed E-state index contributed by atoms with van der Waals surface area (Å²) in [6, 6.07) is 8.07. The number of rotatable bonds is 5. The molecule has 0 spiro atoms. The molecule has 0 saturated heterocycles. The van der Waals surface area contributed by atoms with Crippen LogP contribution in [0.1, 0.15) is 31.1 Å². The lowest BCUT2D eigenvalue weighted by Gasteiger charge is -2.27. The molecule has 33 heavy (non-hydrogen) atoms. The molecule has 0 atom stereocenters. The molecule has 0 fully saturated rings. The Kier molecular flexibility index (Phi) is 4.74. The molecule has 0 aliphatic carbocycles. The van der Waals surface area contributed by atoms with Crippen LogP contribution in [0.3, 0.4) is 0 Å². The predicted molar refractivity (Wildman–Crippen MR) is 108 cm³/mol. The summed E-state index contributed by atoms with van der Waals surface area (Å²) in [6.07, 6.45) is 0. The van der Waals surface area contributed by atoms with E-state index in [4.69, 9.17) is 0 Å². The van der Waals surface area contributed by atoms with Crippen molar-refractivity contribution in [1.82, 2.24) is 10.4 Å². The highest BCUT2D eigenvalue weighted by Crippen LogP contribution is 2.35. The van der Waals surface area contributed by atoms with Gasteiger partial charge in [-0.15, -0.1) is 0 Å². The number of hydrogen-bond donors (Lipinski definition) is 1. The van der Waals surface area contributed by atoms with Gasteiger partial charge in [-0.3, -0.25) is 50.2 Å². The van der Waals surface area contributed by atoms with E-state index in [9.17, 15) is 44.7 Å². The van der Waals surface area contributed by atoms with Gasteiger partial charge < -0.3 is 0 Å². The molecule has 14 nitrogen and oxygen atoms in total. The minimum absolute atomic E-state index is 0.0259. The molecule has 164 valence electrons. The summed E-state index contributed by atoms with van der Waals surface area (Å²) < 4.78 is 0. The third-order valence-electron chi connectivity index (χ3n) is 4.86. The molecule has 3 aromatic carbocycles. The molecule has 0 radical (unpaired) electrons. The topological polar surface area (TPSA) is 196 Å². The van der Waals surface area contributed by atoms with Crippen LogP contribution in [-0.4, -0.2) is 37.5 Å². The molecular weight excluding hydrogens is 442 g/mol. The second-order valence-electron chi connectivity index (χ2n) is 6.79. The summed E-state index contributed by atoms with van der Waals surface area (Å²) in [5.74, 6) is -3.17. The van der Waals surface area contributed by atoms with Gasteiger partial charge in [0.2, 0.25) is 0 Å². The fourth-order valence-corrected chi connectivity index (χ4v) is 3.37. The van der Waals surface area contributed by atoms with E-state index in [1.54, 1.807) is 0 Å². The molecule has 3 amide bonds. The van der Waals surface area contributed by atoms with Gasteiger partial charge in [-0.25, -0.2) is 0 Å². The number of nitro groups is 3. The Bertz CT molecular complexity index is 1360. The fourth-order valence-electron chi connectivity index (χ4n) is 3.37. The number of amides is 3. The van der Waals surface area contributed by atoms with Gasteiger partial charge in [0, 0.05) is 47.3 Å². The number of hydrazine groups is 1. The quantitative estimate of drug-likeness (QED) is 0.344. The van der Waals surface area contributed by atoms with Crippen LogP contribution < -0.4 is 5.43 Å². The van der Waals surface area contributed by atoms with Gasteiger partial charge in [-0.2, -0.15) is 5.01 Å². The molecule has 0 aromatic heterocycles. The zero-order valence-corrected chi connectivity index (χ0v) is 16.1. The summed E-state index contributed by atoms with van der Waals surface area (Å²) in [4.78, 5) is 69.5. The van der Waals surface area contributed by atoms with Crippen molar-refractivity contribution in [1.29, 1.82) is 0 Å². The molecule has 3 aromatic rings. The first-order valence-corrected chi connectivity index (χ1v) is 8.93. The number of nitrogens with zero attached hydrogens (tertiary/aromatic N) is 4. The number of benzene rings is 3. The van der Waals surface area contributed by atoms with E-state index in [1.165, 1.54) is 0 Å². The van der Waals surface area contributed by atoms with E-state index in [0.29, 0.717) is 0 Å². The SMILES string of the molecule is O=C(NN1C(=O)c2cc([N+](=O)[O-])cc3cc([N+](=O)[O-])cc(c23)C1=O)c1ccc([N+](=O)[O-])cc1. The smallest absolute Gasteiger partial charge is 0.267 e. The van der Waals surface area contributed by atoms with Gasteiger partial charge in [0.25, 0.3) is 34.8 Å². The van der Waals surface area contributed by atoms with Crippen molar-refractivity contribution >= 4 is 45.6 Å². The number of imide groups is 1. The first kappa shape index (κ1) is 21.0. The van der Waals surface area contributed by atoms with Crippen molar-refractivity contribution in [3.05, 3.63) is 95.6 Å². The first-order chi connectivity index (χ1) is 15.6. The highest BCUT2D eigenvalue weighted by molar-refractivity contribution is 6.26. The molecule has 4 rings (SSSR count). The standard InChI is InChI=1S/C19H9N5O9/c25-17(9-1-3-11(4-2-9)22(28)29)20-21-18(26)14-7-12(23(30)31)5-10-6-13(24(32)33)8-15(16(10)14)19(21)27/h1-8H,(H,20,25). The predicted octanol–water partition coefficient (Wildman–Crippen LogP) is 2.51. The van der Waals surface area contributed by atoms with Gasteiger partial charge >= 0.3 is 0 Å². The molecule has 0 saturated carbocycles. The molecule has 1 aliphatic rings. The van der Waals surface area contributed by atoms with E-state index in [0.717, 1.165) is 48.5 Å². The highest BCUT2D eigenvalue weighted by atomic mass is 16.6. The van der Waals surface area contributed by atoms with Crippen molar-refractivity contribution in [3.8, 4) is 0 Å². The second kappa shape index (κ2) is 7.45. The van der Waals surface area contributed by atoms with Crippen LogP contribution in [0.2, 0.25) is 0 Å². The lowest BCUT2D eigenvalue weighted by atomic mass is 9.93. The van der Waals surface area contributed by atoms with Crippen LogP contribution in [0.15, 0.2) is 48.5 Å². The zero-order chi connectivity index (χ0) is 24.0. The molecule has 1 N–H and O–H groups in total. The number of carbonyl (C=O) groups is 3. The normalized spacial score (nSPS) is 12.5. The Labute approximate surface area is 181 Å². The van der Waals surface area contributed by atoms with Crippen LogP contribution in [0.4, 0.5) is 17.1 Å². The van der Waals surface area contributed by atoms with Gasteiger partial charge in [0.15, 0.2) is 0 Å². The van der Waals surface area contributed by atoms with E-state index < -0.39 is 43.9 Å². The summed E-state index contributed by atoms with van der Waals surface area (Å²) in [5.41, 5.74) is -0.0940. The van der Waals surface area contributed by atoms with Gasteiger partial charge in [-0.1, -0.05) is 0 Å². The third-order valence-corrected chi connectivity index (χ3v) is 4.86. The van der Waals surface area contributed by atoms with Gasteiger partial charge in [-0.05, 0) is 17.5 Å². The van der Waals surface area contributed by atoms with Crippen LogP contribution in [0.25, 0.3) is 10.8 Å². The Morgan fingerprint density at radius 1 is 0.727 bits per heavy atom. The number of non-ortho nitro benzene ring substituents is 3. The molecule has 0 bridgehead atoms. The number of hydrogen-bond acceptors (Lipinski definition) is 9. The van der Waals surface area contributed by atoms with E-state index in [1.807, 2.05) is 0 Å². The van der Waals surface area contributed by atoms with Gasteiger partial charge in [0.1, 0.15) is 0 Å². The average Bonchev–Trinajstić information content (AvgIpc) is 2.79. The first-order valence-electron chi connectivity index (χ1n) is 8.93. The maximum absolute atomic E-state index is 13.0. The monoisotopic (exact) mass is 451 g/mol. The highest BCUT2D eigenvalue weighted by Gasteiger charge is 2.37. The maximum atomic E-state index is 13.0. The van der Waals surface area contributed by atoms with Crippen molar-refractivity contribution in [2.24, 2.45) is 0 Å². The third kappa shape index (κ3) is 3.46. The number of carbonyl (C=O) groups excluding carboxylic acids is 3. The van der Waals surface area contributed by atoms with Crippen molar-refractivity contribution in [3.63, 3.8) is 0 Å². The molecule has 1 aliphatic heterocycles. The Balaban J connectivity index is 1.80. The van der Waals surface area contributed by atoms with E-state index in [-0.39, 0.29) is 38.2 Å². The lowest BCUT2D eigenvalue weighted by Crippen LogP contribution is -2.51. The van der Waals surface area contributed by atoms with E-state index in [2.05, 4.69) is 5.43 Å². The molecular formula is C19H9N5O9. The average molecular weight is 451 g/mol. The fraction of sp³-hybridized carbons (Fsp3) is 0. The largest absolute Gasteiger partial charge is 0.280 e. The summed E-state index contributed by atoms with van der Waals surface area (Å²) >= 11 is 0. The van der Waals surface area contributed by atoms with Crippen LogP contribution >= 0.6 is 0 Å². The molecule has 1 heterocycles. The molecule has 14 heteroatoms. The number of nitrogens with one attached hydrogen (secondary N) is 1. The molecule has 0 unspecified atom stereocenters. The van der Waals surface area contributed by atoms with Crippen LogP contribution in [0, 0.1) is 30.3 Å². The van der Waals surface area contributed by atoms with Crippen molar-refractivity contribution in [2.75, 3.05) is 0 Å². The minimum atomic E-state index is -1.09. The zero-order valence-electron chi connectivity index (χ0n) is 16.1. The summed E-state index contributed by atoms with van der Waals surface area (Å²) in [6.45, 7) is 0. The Morgan fingerprint density at radius 2 is 1.18 bits per heavy atom. The van der Waals surface area contributed by atoms with Crippen LogP contribution in [0.5, 0.6) is 0 Å². The summed E-state index contributed by atoms with van der Waals surface area (Å²) in [7, 11) is 0. The Hall–Kier alpha value is -5.27. The van der Waals surface area contributed by atoms with Crippen molar-refractivity contribution in [2.45, 2.75) is 0 Å².